The van der Waals surface area contributed by atoms with E-state index in [-0.39, 0.29) is 0 Å². The van der Waals surface area contributed by atoms with Crippen LogP contribution in [-0.4, -0.2) is 17.8 Å². The third-order valence-electron chi connectivity index (χ3n) is 7.48. The molecule has 0 N–H and O–H groups in total. The van der Waals surface area contributed by atoms with Gasteiger partial charge in [0.05, 0.1) is 17.1 Å². The summed E-state index contributed by atoms with van der Waals surface area (Å²) < 4.78 is 7.93. The number of aromatic nitrogens is 1. The van der Waals surface area contributed by atoms with Crippen LogP contribution in [0.25, 0.3) is 65.5 Å². The highest BCUT2D eigenvalue weighted by atomic mass is 79.9. The molecule has 1 aromatic heterocycles. The molecule has 0 aliphatic heterocycles. The lowest BCUT2D eigenvalue weighted by Gasteiger charge is -2.12. The Labute approximate surface area is 241 Å². The zero-order chi connectivity index (χ0) is 26.7. The summed E-state index contributed by atoms with van der Waals surface area (Å²) in [6.07, 6.45) is -0.441. The van der Waals surface area contributed by atoms with Crippen LogP contribution in [0.2, 0.25) is 0 Å². The normalized spacial score (nSPS) is 11.6. The number of fused-ring (bicyclic) bond motifs is 7. The SMILES string of the molecule is COC(=O)n1c(Br)c(Br)c2cc(-c3cccc(-c4ccc5c6ccccc6c6ccccc6c5c4)c3)ccc21. The van der Waals surface area contributed by atoms with E-state index < -0.39 is 6.09 Å². The van der Waals surface area contributed by atoms with E-state index in [0.29, 0.717) is 4.60 Å². The quantitative estimate of drug-likeness (QED) is 0.177. The molecule has 0 bridgehead atoms. The van der Waals surface area contributed by atoms with Crippen molar-refractivity contribution < 1.29 is 9.53 Å². The lowest BCUT2D eigenvalue weighted by Crippen LogP contribution is -2.11. The molecule has 0 amide bonds. The summed E-state index contributed by atoms with van der Waals surface area (Å²) in [5, 5.41) is 8.54. The standard InChI is InChI=1S/C34H21Br2NO2/c1-39-34(38)37-31-16-14-23(19-30(31)32(35)33(37)36)21-8-6-7-20(17-21)22-13-15-28-26-11-3-2-9-24(26)25-10-4-5-12-27(25)29(28)18-22/h2-19H,1H3. The van der Waals surface area contributed by atoms with Crippen molar-refractivity contribution in [3.05, 3.63) is 118 Å². The smallest absolute Gasteiger partial charge is 0.419 e. The van der Waals surface area contributed by atoms with Crippen LogP contribution >= 0.6 is 31.9 Å². The summed E-state index contributed by atoms with van der Waals surface area (Å²) in [6.45, 7) is 0. The van der Waals surface area contributed by atoms with E-state index in [1.54, 1.807) is 0 Å². The van der Waals surface area contributed by atoms with Gasteiger partial charge in [-0.25, -0.2) is 9.36 Å². The fourth-order valence-electron chi connectivity index (χ4n) is 5.64. The fourth-order valence-corrected chi connectivity index (χ4v) is 6.68. The van der Waals surface area contributed by atoms with Gasteiger partial charge in [0.25, 0.3) is 0 Å². The van der Waals surface area contributed by atoms with Crippen molar-refractivity contribution in [3.63, 3.8) is 0 Å². The molecule has 0 aliphatic carbocycles. The van der Waals surface area contributed by atoms with E-state index in [1.165, 1.54) is 49.6 Å². The van der Waals surface area contributed by atoms with Gasteiger partial charge in [0.1, 0.15) is 4.60 Å². The van der Waals surface area contributed by atoms with Crippen LogP contribution in [0.4, 0.5) is 4.79 Å². The van der Waals surface area contributed by atoms with E-state index in [1.807, 2.05) is 12.1 Å². The number of nitrogens with zero attached hydrogens (tertiary/aromatic N) is 1. The van der Waals surface area contributed by atoms with Gasteiger partial charge in [0.15, 0.2) is 0 Å². The Kier molecular flexibility index (Phi) is 5.80. The maximum absolute atomic E-state index is 12.4. The molecule has 39 heavy (non-hydrogen) atoms. The zero-order valence-corrected chi connectivity index (χ0v) is 24.1. The first-order valence-corrected chi connectivity index (χ1v) is 14.2. The minimum absolute atomic E-state index is 0.441. The Morgan fingerprint density at radius 1 is 0.564 bits per heavy atom. The van der Waals surface area contributed by atoms with Gasteiger partial charge in [-0.15, -0.1) is 0 Å². The Bertz CT molecular complexity index is 2070. The van der Waals surface area contributed by atoms with Gasteiger partial charge in [-0.1, -0.05) is 84.9 Å². The summed E-state index contributed by atoms with van der Waals surface area (Å²) in [6, 6.07) is 38.8. The van der Waals surface area contributed by atoms with Crippen molar-refractivity contribution in [3.8, 4) is 22.3 Å². The van der Waals surface area contributed by atoms with Crippen LogP contribution in [0, 0.1) is 0 Å². The molecule has 6 aromatic carbocycles. The summed E-state index contributed by atoms with van der Waals surface area (Å²) in [7, 11) is 1.38. The van der Waals surface area contributed by atoms with Crippen LogP contribution in [0.5, 0.6) is 0 Å². The van der Waals surface area contributed by atoms with Gasteiger partial charge in [0, 0.05) is 5.39 Å². The monoisotopic (exact) mass is 633 g/mol. The van der Waals surface area contributed by atoms with Crippen LogP contribution in [0.3, 0.4) is 0 Å². The first-order chi connectivity index (χ1) is 19.0. The van der Waals surface area contributed by atoms with Crippen LogP contribution in [0.15, 0.2) is 118 Å². The zero-order valence-electron chi connectivity index (χ0n) is 20.9. The number of hydrogen-bond acceptors (Lipinski definition) is 2. The fraction of sp³-hybridized carbons (Fsp3) is 0.0294. The number of halogens is 2. The Morgan fingerprint density at radius 3 is 1.64 bits per heavy atom. The second kappa shape index (κ2) is 9.37. The number of benzene rings is 6. The van der Waals surface area contributed by atoms with Crippen LogP contribution in [0.1, 0.15) is 0 Å². The highest BCUT2D eigenvalue weighted by molar-refractivity contribution is 9.13. The van der Waals surface area contributed by atoms with E-state index in [2.05, 4.69) is 129 Å². The third-order valence-corrected chi connectivity index (χ3v) is 9.57. The predicted molar refractivity (Wildman–Crippen MR) is 169 cm³/mol. The van der Waals surface area contributed by atoms with Gasteiger partial charge >= 0.3 is 6.09 Å². The van der Waals surface area contributed by atoms with E-state index in [0.717, 1.165) is 32.1 Å². The van der Waals surface area contributed by atoms with Crippen LogP contribution < -0.4 is 0 Å². The highest BCUT2D eigenvalue weighted by Crippen LogP contribution is 2.39. The van der Waals surface area contributed by atoms with Gasteiger partial charge in [-0.3, -0.25) is 0 Å². The average molecular weight is 635 g/mol. The number of rotatable bonds is 2. The van der Waals surface area contributed by atoms with Gasteiger partial charge in [0.2, 0.25) is 0 Å². The highest BCUT2D eigenvalue weighted by Gasteiger charge is 2.19. The molecule has 0 fully saturated rings. The van der Waals surface area contributed by atoms with Crippen molar-refractivity contribution in [1.29, 1.82) is 0 Å². The molecule has 7 rings (SSSR count). The molecule has 0 unspecified atom stereocenters. The maximum Gasteiger partial charge on any atom is 0.419 e. The van der Waals surface area contributed by atoms with E-state index in [4.69, 9.17) is 4.74 Å². The largest absolute Gasteiger partial charge is 0.452 e. The van der Waals surface area contributed by atoms with Crippen molar-refractivity contribution in [2.24, 2.45) is 0 Å². The molecule has 0 spiro atoms. The number of ether oxygens (including phenoxy) is 1. The van der Waals surface area contributed by atoms with Crippen LogP contribution in [-0.2, 0) is 4.74 Å². The average Bonchev–Trinajstić information content (AvgIpc) is 3.25. The maximum atomic E-state index is 12.4. The Balaban J connectivity index is 1.38. The minimum Gasteiger partial charge on any atom is -0.452 e. The van der Waals surface area contributed by atoms with Crippen molar-refractivity contribution in [2.45, 2.75) is 0 Å². The second-order valence-corrected chi connectivity index (χ2v) is 11.1. The summed E-state index contributed by atoms with van der Waals surface area (Å²) >= 11 is 7.17. The Morgan fingerprint density at radius 2 is 1.05 bits per heavy atom. The van der Waals surface area contributed by atoms with Gasteiger partial charge in [-0.05, 0) is 111 Å². The molecule has 0 aliphatic rings. The summed E-state index contributed by atoms with van der Waals surface area (Å²) in [4.78, 5) is 12.4. The molecular formula is C34H21Br2NO2. The third kappa shape index (κ3) is 3.80. The second-order valence-electron chi connectivity index (χ2n) is 9.57. The molecule has 0 saturated carbocycles. The minimum atomic E-state index is -0.441. The van der Waals surface area contributed by atoms with Crippen molar-refractivity contribution >= 4 is 81.2 Å². The topological polar surface area (TPSA) is 31.2 Å². The molecule has 0 saturated heterocycles. The lowest BCUT2D eigenvalue weighted by atomic mass is 9.91. The predicted octanol–water partition coefficient (Wildman–Crippen LogP) is 10.6. The lowest BCUT2D eigenvalue weighted by molar-refractivity contribution is 0.173. The molecule has 0 radical (unpaired) electrons. The summed E-state index contributed by atoms with van der Waals surface area (Å²) in [5.74, 6) is 0. The number of methoxy groups -OCH3 is 1. The molecule has 7 aromatic rings. The first-order valence-electron chi connectivity index (χ1n) is 12.6. The molecule has 188 valence electrons. The molecular weight excluding hydrogens is 614 g/mol. The Hall–Kier alpha value is -3.93. The molecule has 3 nitrogen and oxygen atoms in total. The first kappa shape index (κ1) is 24.1. The van der Waals surface area contributed by atoms with Crippen molar-refractivity contribution in [2.75, 3.05) is 7.11 Å². The summed E-state index contributed by atoms with van der Waals surface area (Å²) in [5.41, 5.74) is 5.27. The number of carbonyl (C=O) groups is 1. The molecule has 1 heterocycles. The molecule has 5 heteroatoms. The van der Waals surface area contributed by atoms with Gasteiger partial charge < -0.3 is 4.74 Å². The number of hydrogen-bond donors (Lipinski definition) is 0. The molecule has 0 atom stereocenters. The van der Waals surface area contributed by atoms with Gasteiger partial charge in [-0.2, -0.15) is 0 Å². The van der Waals surface area contributed by atoms with E-state index >= 15 is 0 Å². The number of carbonyl (C=O) groups excluding carboxylic acids is 1. The van der Waals surface area contributed by atoms with E-state index in [9.17, 15) is 4.79 Å². The van der Waals surface area contributed by atoms with Crippen molar-refractivity contribution in [1.82, 2.24) is 4.57 Å².